The predicted molar refractivity (Wildman–Crippen MR) is 138 cm³/mol. The molecule has 6 nitrogen and oxygen atoms in total. The Bertz CT molecular complexity index is 1610. The lowest BCUT2D eigenvalue weighted by Crippen LogP contribution is -2.26. The third kappa shape index (κ3) is 4.03. The number of ether oxygens (including phenoxy) is 1. The first-order chi connectivity index (χ1) is 16.2. The second-order valence-corrected chi connectivity index (χ2v) is 9.92. The summed E-state index contributed by atoms with van der Waals surface area (Å²) in [5, 5.41) is 1.39. The number of carbonyl (C=O) groups is 1. The molecule has 0 aliphatic heterocycles. The van der Waals surface area contributed by atoms with E-state index in [2.05, 4.69) is 15.9 Å². The average molecular weight is 516 g/mol. The summed E-state index contributed by atoms with van der Waals surface area (Å²) in [4.78, 5) is 31.0. The molecular weight excluding hydrogens is 494 g/mol. The van der Waals surface area contributed by atoms with Crippen molar-refractivity contribution < 1.29 is 9.53 Å². The Hall–Kier alpha value is -3.71. The number of benzene rings is 3. The summed E-state index contributed by atoms with van der Waals surface area (Å²) < 4.78 is 9.55. The molecule has 0 saturated heterocycles. The highest BCUT2D eigenvalue weighted by Gasteiger charge is 2.20. The van der Waals surface area contributed by atoms with Gasteiger partial charge in [-0.2, -0.15) is 0 Å². The van der Waals surface area contributed by atoms with Crippen molar-refractivity contribution in [1.29, 1.82) is 0 Å². The fourth-order valence-corrected chi connectivity index (χ4v) is 4.17. The van der Waals surface area contributed by atoms with Crippen molar-refractivity contribution in [2.45, 2.75) is 26.4 Å². The van der Waals surface area contributed by atoms with Crippen molar-refractivity contribution in [2.24, 2.45) is 0 Å². The smallest absolute Gasteiger partial charge is 0.418 e. The molecule has 34 heavy (non-hydrogen) atoms. The van der Waals surface area contributed by atoms with Crippen molar-refractivity contribution in [3.05, 3.63) is 93.8 Å². The van der Waals surface area contributed by atoms with Gasteiger partial charge in [-0.05, 0) is 81.4 Å². The molecule has 0 atom stereocenters. The van der Waals surface area contributed by atoms with E-state index in [1.54, 1.807) is 16.8 Å². The number of rotatable bonds is 2. The number of halogens is 1. The van der Waals surface area contributed by atoms with Gasteiger partial charge in [0.05, 0.1) is 22.1 Å². The molecule has 0 saturated carbocycles. The molecule has 0 amide bonds. The van der Waals surface area contributed by atoms with Crippen LogP contribution in [0, 0.1) is 0 Å². The van der Waals surface area contributed by atoms with Crippen LogP contribution in [0.3, 0.4) is 0 Å². The maximum absolute atomic E-state index is 13.5. The zero-order valence-corrected chi connectivity index (χ0v) is 20.5. The number of fused-ring (bicyclic) bond motifs is 2. The summed E-state index contributed by atoms with van der Waals surface area (Å²) in [5.74, 6) is 0.526. The van der Waals surface area contributed by atoms with Crippen molar-refractivity contribution >= 4 is 43.8 Å². The van der Waals surface area contributed by atoms with Crippen molar-refractivity contribution in [1.82, 2.24) is 14.1 Å². The molecule has 0 spiro atoms. The molecule has 0 unspecified atom stereocenters. The molecule has 2 aromatic heterocycles. The van der Waals surface area contributed by atoms with Gasteiger partial charge < -0.3 is 4.74 Å². The van der Waals surface area contributed by atoms with Gasteiger partial charge in [-0.25, -0.2) is 9.78 Å². The van der Waals surface area contributed by atoms with E-state index in [4.69, 9.17) is 9.72 Å². The number of para-hydroxylation sites is 1. The maximum Gasteiger partial charge on any atom is 0.418 e. The molecular formula is C27H22BrN3O3. The first-order valence-corrected chi connectivity index (χ1v) is 11.6. The van der Waals surface area contributed by atoms with Crippen molar-refractivity contribution in [3.8, 4) is 17.1 Å². The maximum atomic E-state index is 13.5. The lowest BCUT2D eigenvalue weighted by molar-refractivity contribution is 0.0544. The molecule has 5 aromatic rings. The molecule has 170 valence electrons. The summed E-state index contributed by atoms with van der Waals surface area (Å²) >= 11 is 3.46. The van der Waals surface area contributed by atoms with Crippen molar-refractivity contribution in [2.75, 3.05) is 0 Å². The van der Waals surface area contributed by atoms with Crippen LogP contribution in [0.5, 0.6) is 0 Å². The highest BCUT2D eigenvalue weighted by Crippen LogP contribution is 2.27. The first kappa shape index (κ1) is 22.1. The molecule has 0 radical (unpaired) electrons. The minimum Gasteiger partial charge on any atom is -0.443 e. The van der Waals surface area contributed by atoms with Crippen LogP contribution in [0.15, 0.2) is 88.3 Å². The molecule has 2 heterocycles. The molecule has 0 fully saturated rings. The number of carbonyl (C=O) groups excluding carboxylic acids is 1. The third-order valence-corrected chi connectivity index (χ3v) is 5.93. The number of hydrogen-bond acceptors (Lipinski definition) is 4. The molecule has 7 heteroatoms. The van der Waals surface area contributed by atoms with Crippen LogP contribution in [0.2, 0.25) is 0 Å². The Kier molecular flexibility index (Phi) is 5.37. The Labute approximate surface area is 204 Å². The minimum atomic E-state index is -0.594. The highest BCUT2D eigenvalue weighted by molar-refractivity contribution is 9.10. The summed E-state index contributed by atoms with van der Waals surface area (Å²) in [6.45, 7) is 5.50. The Morgan fingerprint density at radius 1 is 0.971 bits per heavy atom. The summed E-state index contributed by atoms with van der Waals surface area (Å²) in [5.41, 5.74) is 2.09. The van der Waals surface area contributed by atoms with E-state index in [1.165, 1.54) is 4.57 Å². The number of aromatic nitrogens is 3. The fourth-order valence-electron chi connectivity index (χ4n) is 3.91. The van der Waals surface area contributed by atoms with Gasteiger partial charge in [-0.3, -0.25) is 13.9 Å². The SMILES string of the molecule is CC(C)(C)OC(=O)n1ccc2cc(-c3nc4ccccc4c(=O)n3-c3ccc(Br)cc3)ccc21. The van der Waals surface area contributed by atoms with Gasteiger partial charge in [-0.1, -0.05) is 28.1 Å². The van der Waals surface area contributed by atoms with E-state index in [0.29, 0.717) is 22.4 Å². The fraction of sp³-hybridized carbons (Fsp3) is 0.148. The molecule has 0 aliphatic carbocycles. The van der Waals surface area contributed by atoms with Gasteiger partial charge in [0.15, 0.2) is 0 Å². The second kappa shape index (κ2) is 8.25. The second-order valence-electron chi connectivity index (χ2n) is 9.01. The Morgan fingerprint density at radius 2 is 1.71 bits per heavy atom. The van der Waals surface area contributed by atoms with E-state index in [0.717, 1.165) is 20.9 Å². The molecule has 3 aromatic carbocycles. The van der Waals surface area contributed by atoms with Crippen molar-refractivity contribution in [3.63, 3.8) is 0 Å². The minimum absolute atomic E-state index is 0.144. The first-order valence-electron chi connectivity index (χ1n) is 10.8. The summed E-state index contributed by atoms with van der Waals surface area (Å²) in [6.07, 6.45) is 1.25. The van der Waals surface area contributed by atoms with E-state index in [9.17, 15) is 9.59 Å². The normalized spacial score (nSPS) is 11.8. The van der Waals surface area contributed by atoms with Crippen LogP contribution in [-0.2, 0) is 4.74 Å². The van der Waals surface area contributed by atoms with Gasteiger partial charge in [0.1, 0.15) is 11.4 Å². The zero-order chi connectivity index (χ0) is 24.0. The monoisotopic (exact) mass is 515 g/mol. The topological polar surface area (TPSA) is 66.1 Å². The van der Waals surface area contributed by atoms with Crippen LogP contribution in [0.25, 0.3) is 38.9 Å². The highest BCUT2D eigenvalue weighted by atomic mass is 79.9. The van der Waals surface area contributed by atoms with Gasteiger partial charge in [-0.15, -0.1) is 0 Å². The van der Waals surface area contributed by atoms with Gasteiger partial charge >= 0.3 is 6.09 Å². The Morgan fingerprint density at radius 3 is 2.44 bits per heavy atom. The van der Waals surface area contributed by atoms with E-state index >= 15 is 0 Å². The quantitative estimate of drug-likeness (QED) is 0.267. The van der Waals surface area contributed by atoms with Gasteiger partial charge in [0, 0.05) is 21.6 Å². The standard InChI is InChI=1S/C27H22BrN3O3/c1-27(2,3)34-26(33)30-15-14-17-16-18(8-13-23(17)30)24-29-22-7-5-4-6-21(22)25(32)31(24)20-11-9-19(28)10-12-20/h4-16H,1-3H3. The Balaban J connectivity index is 1.70. The van der Waals surface area contributed by atoms with Gasteiger partial charge in [0.2, 0.25) is 0 Å². The van der Waals surface area contributed by atoms with Crippen LogP contribution in [-0.4, -0.2) is 25.8 Å². The third-order valence-electron chi connectivity index (χ3n) is 5.40. The molecule has 0 bridgehead atoms. The molecule has 0 aliphatic rings. The van der Waals surface area contributed by atoms with Crippen LogP contribution >= 0.6 is 15.9 Å². The van der Waals surface area contributed by atoms with Crippen LogP contribution in [0.1, 0.15) is 20.8 Å². The number of nitrogens with zero attached hydrogens (tertiary/aromatic N) is 3. The lowest BCUT2D eigenvalue weighted by atomic mass is 10.1. The molecule has 5 rings (SSSR count). The summed E-state index contributed by atoms with van der Waals surface area (Å²) in [7, 11) is 0. The lowest BCUT2D eigenvalue weighted by Gasteiger charge is -2.19. The van der Waals surface area contributed by atoms with Crippen LogP contribution < -0.4 is 5.56 Å². The molecule has 0 N–H and O–H groups in total. The van der Waals surface area contributed by atoms with Gasteiger partial charge in [0.25, 0.3) is 5.56 Å². The van der Waals surface area contributed by atoms with E-state index < -0.39 is 11.7 Å². The van der Waals surface area contributed by atoms with E-state index in [1.807, 2.05) is 87.5 Å². The largest absolute Gasteiger partial charge is 0.443 e. The predicted octanol–water partition coefficient (Wildman–Crippen LogP) is 6.55. The average Bonchev–Trinajstić information content (AvgIpc) is 3.22. The van der Waals surface area contributed by atoms with Crippen LogP contribution in [0.4, 0.5) is 4.79 Å². The summed E-state index contributed by atoms with van der Waals surface area (Å²) in [6, 6.07) is 22.4. The zero-order valence-electron chi connectivity index (χ0n) is 18.9. The van der Waals surface area contributed by atoms with E-state index in [-0.39, 0.29) is 5.56 Å². The number of hydrogen-bond donors (Lipinski definition) is 0.